The fourth-order valence-electron chi connectivity index (χ4n) is 2.64. The summed E-state index contributed by atoms with van der Waals surface area (Å²) in [5.74, 6) is -1.07. The minimum absolute atomic E-state index is 0.0984. The number of nitrogens with zero attached hydrogens (tertiary/aromatic N) is 1. The third-order valence-electron chi connectivity index (χ3n) is 3.50. The normalized spacial score (nSPS) is 13.3. The summed E-state index contributed by atoms with van der Waals surface area (Å²) in [5, 5.41) is 9.18. The molecule has 1 aromatic carbocycles. The molecule has 2 heterocycles. The lowest BCUT2D eigenvalue weighted by atomic mass is 10.0. The van der Waals surface area contributed by atoms with Crippen molar-refractivity contribution in [3.05, 3.63) is 58.9 Å². The Balaban J connectivity index is 2.09. The molecule has 0 fully saturated rings. The van der Waals surface area contributed by atoms with Crippen LogP contribution in [0.1, 0.15) is 38.5 Å². The van der Waals surface area contributed by atoms with E-state index in [0.29, 0.717) is 17.7 Å². The Bertz CT molecular complexity index is 656. The van der Waals surface area contributed by atoms with Crippen molar-refractivity contribution < 1.29 is 14.7 Å². The Labute approximate surface area is 110 Å². The van der Waals surface area contributed by atoms with Gasteiger partial charge in [0.15, 0.2) is 5.78 Å². The Morgan fingerprint density at radius 3 is 2.58 bits per heavy atom. The Morgan fingerprint density at radius 1 is 1.16 bits per heavy atom. The maximum atomic E-state index is 12.4. The number of hydrogen-bond acceptors (Lipinski definition) is 2. The summed E-state index contributed by atoms with van der Waals surface area (Å²) < 4.78 is 1.75. The number of carboxylic acid groups (broad SMARTS) is 1. The van der Waals surface area contributed by atoms with E-state index in [4.69, 9.17) is 0 Å². The van der Waals surface area contributed by atoms with Gasteiger partial charge >= 0.3 is 5.97 Å². The first-order valence-electron chi connectivity index (χ1n) is 6.24. The van der Waals surface area contributed by atoms with Crippen molar-refractivity contribution in [2.45, 2.75) is 19.4 Å². The van der Waals surface area contributed by atoms with Crippen LogP contribution in [0.3, 0.4) is 0 Å². The van der Waals surface area contributed by atoms with E-state index in [1.165, 1.54) is 6.07 Å². The molecular weight excluding hydrogens is 242 g/mol. The zero-order valence-electron chi connectivity index (χ0n) is 10.3. The number of fused-ring (bicyclic) bond motifs is 1. The summed E-state index contributed by atoms with van der Waals surface area (Å²) in [6, 6.07) is 10.5. The monoisotopic (exact) mass is 255 g/mol. The van der Waals surface area contributed by atoms with Crippen molar-refractivity contribution >= 4 is 11.8 Å². The molecule has 2 aromatic rings. The number of aromatic nitrogens is 1. The molecule has 19 heavy (non-hydrogen) atoms. The van der Waals surface area contributed by atoms with Crippen LogP contribution in [0, 0.1) is 0 Å². The van der Waals surface area contributed by atoms with Crippen LogP contribution in [-0.2, 0) is 13.0 Å². The van der Waals surface area contributed by atoms with Gasteiger partial charge in [-0.3, -0.25) is 4.79 Å². The first-order valence-corrected chi connectivity index (χ1v) is 6.24. The van der Waals surface area contributed by atoms with E-state index < -0.39 is 5.97 Å². The quantitative estimate of drug-likeness (QED) is 0.856. The average Bonchev–Trinajstić information content (AvgIpc) is 3.00. The number of aromatic carboxylic acids is 1. The van der Waals surface area contributed by atoms with Crippen molar-refractivity contribution in [3.8, 4) is 0 Å². The molecule has 1 aromatic heterocycles. The van der Waals surface area contributed by atoms with Gasteiger partial charge in [0.1, 0.15) is 5.69 Å². The minimum Gasteiger partial charge on any atom is -0.477 e. The van der Waals surface area contributed by atoms with Crippen LogP contribution in [0.25, 0.3) is 0 Å². The van der Waals surface area contributed by atoms with Crippen LogP contribution < -0.4 is 0 Å². The summed E-state index contributed by atoms with van der Waals surface area (Å²) >= 11 is 0. The maximum absolute atomic E-state index is 12.4. The molecule has 0 radical (unpaired) electrons. The van der Waals surface area contributed by atoms with Crippen LogP contribution in [0.15, 0.2) is 36.4 Å². The van der Waals surface area contributed by atoms with E-state index in [0.717, 1.165) is 18.5 Å². The Hall–Kier alpha value is -2.36. The van der Waals surface area contributed by atoms with Gasteiger partial charge in [-0.15, -0.1) is 0 Å². The zero-order valence-corrected chi connectivity index (χ0v) is 10.3. The molecule has 1 N–H and O–H groups in total. The summed E-state index contributed by atoms with van der Waals surface area (Å²) in [5.41, 5.74) is 2.19. The number of carbonyl (C=O) groups is 2. The highest BCUT2D eigenvalue weighted by Crippen LogP contribution is 2.26. The third kappa shape index (κ3) is 1.85. The van der Waals surface area contributed by atoms with Gasteiger partial charge in [-0.1, -0.05) is 30.3 Å². The fraction of sp³-hybridized carbons (Fsp3) is 0.200. The fourth-order valence-corrected chi connectivity index (χ4v) is 2.64. The second-order valence-electron chi connectivity index (χ2n) is 4.65. The molecule has 0 spiro atoms. The van der Waals surface area contributed by atoms with Crippen molar-refractivity contribution in [1.29, 1.82) is 0 Å². The number of ketones is 1. The summed E-state index contributed by atoms with van der Waals surface area (Å²) in [6.45, 7) is 0.680. The SMILES string of the molecule is O=C(c1ccccc1)c1cc(C(=O)O)n2c1CCC2. The van der Waals surface area contributed by atoms with E-state index in [2.05, 4.69) is 0 Å². The van der Waals surface area contributed by atoms with Gasteiger partial charge in [-0.25, -0.2) is 4.79 Å². The molecule has 0 unspecified atom stereocenters. The Morgan fingerprint density at radius 2 is 1.89 bits per heavy atom. The van der Waals surface area contributed by atoms with Gasteiger partial charge < -0.3 is 9.67 Å². The number of rotatable bonds is 3. The molecular formula is C15H13NO3. The van der Waals surface area contributed by atoms with Crippen LogP contribution in [0.5, 0.6) is 0 Å². The van der Waals surface area contributed by atoms with Crippen LogP contribution in [0.2, 0.25) is 0 Å². The smallest absolute Gasteiger partial charge is 0.352 e. The summed E-state index contributed by atoms with van der Waals surface area (Å²) in [6.07, 6.45) is 1.66. The maximum Gasteiger partial charge on any atom is 0.352 e. The number of benzene rings is 1. The molecule has 0 aliphatic carbocycles. The molecule has 1 aliphatic heterocycles. The third-order valence-corrected chi connectivity index (χ3v) is 3.50. The topological polar surface area (TPSA) is 59.3 Å². The van der Waals surface area contributed by atoms with Crippen LogP contribution in [-0.4, -0.2) is 21.4 Å². The van der Waals surface area contributed by atoms with Crippen molar-refractivity contribution in [2.75, 3.05) is 0 Å². The molecule has 0 saturated heterocycles. The molecule has 0 saturated carbocycles. The Kier molecular flexibility index (Phi) is 2.71. The molecule has 4 nitrogen and oxygen atoms in total. The first kappa shape index (κ1) is 11.7. The van der Waals surface area contributed by atoms with E-state index in [9.17, 15) is 14.7 Å². The van der Waals surface area contributed by atoms with Crippen LogP contribution >= 0.6 is 0 Å². The predicted molar refractivity (Wildman–Crippen MR) is 69.6 cm³/mol. The first-order chi connectivity index (χ1) is 9.18. The van der Waals surface area contributed by atoms with Crippen molar-refractivity contribution in [3.63, 3.8) is 0 Å². The average molecular weight is 255 g/mol. The standard InChI is InChI=1S/C15H13NO3/c17-14(10-5-2-1-3-6-10)11-9-13(15(18)19)16-8-4-7-12(11)16/h1-3,5-6,9H,4,7-8H2,(H,18,19). The highest BCUT2D eigenvalue weighted by molar-refractivity contribution is 6.11. The van der Waals surface area contributed by atoms with Crippen LogP contribution in [0.4, 0.5) is 0 Å². The number of carboxylic acids is 1. The summed E-state index contributed by atoms with van der Waals surface area (Å²) in [4.78, 5) is 23.6. The van der Waals surface area contributed by atoms with Gasteiger partial charge in [-0.05, 0) is 18.9 Å². The number of hydrogen-bond donors (Lipinski definition) is 1. The van der Waals surface area contributed by atoms with E-state index in [1.807, 2.05) is 18.2 Å². The molecule has 1 aliphatic rings. The zero-order chi connectivity index (χ0) is 13.4. The van der Waals surface area contributed by atoms with Gasteiger partial charge in [0.2, 0.25) is 0 Å². The summed E-state index contributed by atoms with van der Waals surface area (Å²) in [7, 11) is 0. The molecule has 0 atom stereocenters. The minimum atomic E-state index is -0.977. The largest absolute Gasteiger partial charge is 0.477 e. The van der Waals surface area contributed by atoms with Gasteiger partial charge in [0, 0.05) is 23.4 Å². The van der Waals surface area contributed by atoms with Gasteiger partial charge in [0.25, 0.3) is 0 Å². The van der Waals surface area contributed by atoms with Gasteiger partial charge in [-0.2, -0.15) is 0 Å². The molecule has 0 amide bonds. The predicted octanol–water partition coefficient (Wildman–Crippen LogP) is 2.36. The molecule has 96 valence electrons. The number of carbonyl (C=O) groups excluding carboxylic acids is 1. The molecule has 4 heteroatoms. The van der Waals surface area contributed by atoms with E-state index in [1.54, 1.807) is 16.7 Å². The van der Waals surface area contributed by atoms with Crippen molar-refractivity contribution in [2.24, 2.45) is 0 Å². The molecule has 3 rings (SSSR count). The highest BCUT2D eigenvalue weighted by atomic mass is 16.4. The van der Waals surface area contributed by atoms with E-state index in [-0.39, 0.29) is 11.5 Å². The highest BCUT2D eigenvalue weighted by Gasteiger charge is 2.26. The second-order valence-corrected chi connectivity index (χ2v) is 4.65. The lowest BCUT2D eigenvalue weighted by Gasteiger charge is -2.02. The van der Waals surface area contributed by atoms with Crippen molar-refractivity contribution in [1.82, 2.24) is 4.57 Å². The molecule has 0 bridgehead atoms. The second kappa shape index (κ2) is 4.39. The van der Waals surface area contributed by atoms with E-state index >= 15 is 0 Å². The van der Waals surface area contributed by atoms with Gasteiger partial charge in [0.05, 0.1) is 0 Å². The lowest BCUT2D eigenvalue weighted by Crippen LogP contribution is -2.06. The lowest BCUT2D eigenvalue weighted by molar-refractivity contribution is 0.0685.